The van der Waals surface area contributed by atoms with Crippen LogP contribution in [0.3, 0.4) is 0 Å². The molecule has 5 aliphatic rings. The Bertz CT molecular complexity index is 838. The minimum atomic E-state index is -0.372. The van der Waals surface area contributed by atoms with Crippen molar-refractivity contribution in [3.63, 3.8) is 0 Å². The number of rotatable bonds is 1. The number of hydrogen-bond acceptors (Lipinski definition) is 4. The lowest BCUT2D eigenvalue weighted by Gasteiger charge is -2.54. The predicted molar refractivity (Wildman–Crippen MR) is 124 cm³/mol. The van der Waals surface area contributed by atoms with Gasteiger partial charge in [-0.25, -0.2) is 4.79 Å². The third-order valence-corrected chi connectivity index (χ3v) is 12.5. The van der Waals surface area contributed by atoms with Crippen molar-refractivity contribution in [2.24, 2.45) is 22.7 Å². The Balaban J connectivity index is 1.51. The van der Waals surface area contributed by atoms with Crippen molar-refractivity contribution in [1.82, 2.24) is 0 Å². The lowest BCUT2D eigenvalue weighted by atomic mass is 9.51. The van der Waals surface area contributed by atoms with Crippen molar-refractivity contribution in [2.75, 3.05) is 18.6 Å². The molecule has 0 radical (unpaired) electrons. The fourth-order valence-electron chi connectivity index (χ4n) is 7.07. The smallest absolute Gasteiger partial charge is 0.349 e. The molecule has 4 atom stereocenters. The number of esters is 1. The van der Waals surface area contributed by atoms with Crippen molar-refractivity contribution in [1.29, 1.82) is 0 Å². The molecule has 2 nitrogen and oxygen atoms in total. The van der Waals surface area contributed by atoms with Gasteiger partial charge in [0.15, 0.2) is 0 Å². The summed E-state index contributed by atoms with van der Waals surface area (Å²) in [5.74, 6) is 3.46. The Morgan fingerprint density at radius 2 is 1.93 bits per heavy atom. The average molecular weight is 451 g/mol. The van der Waals surface area contributed by atoms with E-state index < -0.39 is 0 Å². The molecule has 0 amide bonds. The highest BCUT2D eigenvalue weighted by Crippen LogP contribution is 2.67. The number of carbonyl (C=O) groups is 1. The van der Waals surface area contributed by atoms with Gasteiger partial charge in [-0.3, -0.25) is 0 Å². The Morgan fingerprint density at radius 1 is 1.17 bits per heavy atom. The molecule has 1 saturated heterocycles. The molecule has 1 spiro atoms. The molecule has 29 heavy (non-hydrogen) atoms. The molecule has 1 aliphatic heterocycles. The second-order valence-electron chi connectivity index (χ2n) is 9.87. The van der Waals surface area contributed by atoms with Gasteiger partial charge in [0.1, 0.15) is 5.03 Å². The molecule has 158 valence electrons. The number of methoxy groups -OCH3 is 1. The number of ether oxygens (including phenoxy) is 1. The zero-order valence-electron chi connectivity index (χ0n) is 17.7. The van der Waals surface area contributed by atoms with Gasteiger partial charge in [-0.1, -0.05) is 48.7 Å². The highest BCUT2D eigenvalue weighted by Gasteiger charge is 2.56. The lowest BCUT2D eigenvalue weighted by Crippen LogP contribution is -2.44. The van der Waals surface area contributed by atoms with Gasteiger partial charge in [-0.05, 0) is 67.8 Å². The number of halogens is 1. The molecule has 0 aromatic carbocycles. The van der Waals surface area contributed by atoms with Gasteiger partial charge in [-0.2, -0.15) is 0 Å². The molecule has 0 aromatic heterocycles. The molecule has 0 aromatic rings. The van der Waals surface area contributed by atoms with E-state index >= 15 is 0 Å². The SMILES string of the molecule is COC(=O)C(Cl)=C1CC[C@H]2[C@@H]3CCC4=CC5(CC[C@]4(C)C3=CC[C@]12C)SCCS5. The summed E-state index contributed by atoms with van der Waals surface area (Å²) < 4.78 is 5.30. The van der Waals surface area contributed by atoms with Crippen LogP contribution in [0, 0.1) is 22.7 Å². The molecule has 1 heterocycles. The van der Waals surface area contributed by atoms with Crippen LogP contribution in [0.4, 0.5) is 0 Å². The first-order valence-electron chi connectivity index (χ1n) is 11.0. The van der Waals surface area contributed by atoms with Crippen molar-refractivity contribution in [2.45, 2.75) is 62.9 Å². The number of fused-ring (bicyclic) bond motifs is 5. The molecule has 4 aliphatic carbocycles. The number of hydrogen-bond donors (Lipinski definition) is 0. The summed E-state index contributed by atoms with van der Waals surface area (Å²) in [5.41, 5.74) is 4.80. The third kappa shape index (κ3) is 2.95. The first-order valence-corrected chi connectivity index (χ1v) is 13.4. The van der Waals surface area contributed by atoms with Crippen molar-refractivity contribution in [3.8, 4) is 0 Å². The molecule has 0 bridgehead atoms. The molecular formula is C24H31ClO2S2. The maximum absolute atomic E-state index is 12.1. The van der Waals surface area contributed by atoms with Gasteiger partial charge in [-0.15, -0.1) is 23.5 Å². The Labute approximate surface area is 188 Å². The second-order valence-corrected chi connectivity index (χ2v) is 13.4. The van der Waals surface area contributed by atoms with Crippen molar-refractivity contribution < 1.29 is 9.53 Å². The zero-order valence-corrected chi connectivity index (χ0v) is 20.1. The van der Waals surface area contributed by atoms with E-state index in [1.807, 2.05) is 0 Å². The van der Waals surface area contributed by atoms with Gasteiger partial charge in [0, 0.05) is 16.9 Å². The van der Waals surface area contributed by atoms with Crippen LogP contribution in [0.2, 0.25) is 0 Å². The molecule has 5 heteroatoms. The maximum Gasteiger partial charge on any atom is 0.349 e. The van der Waals surface area contributed by atoms with Crippen molar-refractivity contribution >= 4 is 41.1 Å². The Kier molecular flexibility index (Phi) is 5.04. The quantitative estimate of drug-likeness (QED) is 0.252. The first-order chi connectivity index (χ1) is 13.8. The normalized spacial score (nSPS) is 41.8. The summed E-state index contributed by atoms with van der Waals surface area (Å²) in [6, 6.07) is 0. The van der Waals surface area contributed by atoms with Crippen LogP contribution in [-0.2, 0) is 9.53 Å². The van der Waals surface area contributed by atoms with Crippen LogP contribution < -0.4 is 0 Å². The fraction of sp³-hybridized carbons (Fsp3) is 0.708. The topological polar surface area (TPSA) is 26.3 Å². The summed E-state index contributed by atoms with van der Waals surface area (Å²) in [4.78, 5) is 12.1. The van der Waals surface area contributed by atoms with Gasteiger partial charge in [0.05, 0.1) is 11.2 Å². The minimum absolute atomic E-state index is 0.00403. The fourth-order valence-corrected chi connectivity index (χ4v) is 10.6. The van der Waals surface area contributed by atoms with Crippen molar-refractivity contribution in [3.05, 3.63) is 33.9 Å². The van der Waals surface area contributed by atoms with E-state index in [0.29, 0.717) is 20.9 Å². The van der Waals surface area contributed by atoms with Crippen LogP contribution in [-0.4, -0.2) is 28.7 Å². The highest BCUT2D eigenvalue weighted by atomic mass is 35.5. The number of thioether (sulfide) groups is 2. The van der Waals surface area contributed by atoms with Crippen LogP contribution >= 0.6 is 35.1 Å². The molecular weight excluding hydrogens is 420 g/mol. The molecule has 0 N–H and O–H groups in total. The second kappa shape index (κ2) is 7.10. The van der Waals surface area contributed by atoms with Crippen LogP contribution in [0.15, 0.2) is 33.9 Å². The van der Waals surface area contributed by atoms with E-state index in [0.717, 1.165) is 24.8 Å². The highest BCUT2D eigenvalue weighted by molar-refractivity contribution is 8.21. The zero-order chi connectivity index (χ0) is 20.4. The monoisotopic (exact) mass is 450 g/mol. The van der Waals surface area contributed by atoms with E-state index in [1.54, 1.807) is 11.1 Å². The summed E-state index contributed by atoms with van der Waals surface area (Å²) in [6.45, 7) is 4.86. The van der Waals surface area contributed by atoms with E-state index in [-0.39, 0.29) is 16.8 Å². The van der Waals surface area contributed by atoms with Gasteiger partial charge in [0.2, 0.25) is 0 Å². The van der Waals surface area contributed by atoms with E-state index in [4.69, 9.17) is 16.3 Å². The summed E-state index contributed by atoms with van der Waals surface area (Å²) in [6.07, 6.45) is 13.4. The summed E-state index contributed by atoms with van der Waals surface area (Å²) in [7, 11) is 1.42. The molecule has 5 rings (SSSR count). The van der Waals surface area contributed by atoms with Gasteiger partial charge in [0.25, 0.3) is 0 Å². The summed E-state index contributed by atoms with van der Waals surface area (Å²) >= 11 is 10.9. The van der Waals surface area contributed by atoms with Gasteiger partial charge >= 0.3 is 5.97 Å². The summed E-state index contributed by atoms with van der Waals surface area (Å²) in [5, 5.41) is 0.340. The molecule has 3 fully saturated rings. The third-order valence-electron chi connectivity index (χ3n) is 8.69. The largest absolute Gasteiger partial charge is 0.465 e. The van der Waals surface area contributed by atoms with E-state index in [1.165, 1.54) is 44.3 Å². The molecule has 0 unspecified atom stereocenters. The Hall–Kier alpha value is -0.320. The van der Waals surface area contributed by atoms with Crippen LogP contribution in [0.25, 0.3) is 0 Å². The van der Waals surface area contributed by atoms with E-state index in [2.05, 4.69) is 49.5 Å². The first kappa shape index (κ1) is 20.6. The average Bonchev–Trinajstić information content (AvgIpc) is 3.31. The van der Waals surface area contributed by atoms with Crippen LogP contribution in [0.5, 0.6) is 0 Å². The molecule has 2 saturated carbocycles. The Morgan fingerprint density at radius 3 is 2.66 bits per heavy atom. The van der Waals surface area contributed by atoms with Crippen LogP contribution in [0.1, 0.15) is 58.8 Å². The standard InChI is InChI=1S/C24H31ClO2S2/c1-22-10-11-24(28-12-13-29-24)14-15(22)4-5-16-17-6-7-19(20(25)21(26)27-3)23(17,2)9-8-18(16)22/h8,14,16-17H,4-7,9-13H2,1-3H3/t16-,17-,22-,23-/m0/s1. The minimum Gasteiger partial charge on any atom is -0.465 e. The van der Waals surface area contributed by atoms with Gasteiger partial charge < -0.3 is 4.74 Å². The number of carbonyl (C=O) groups excluding carboxylic acids is 1. The maximum atomic E-state index is 12.1. The predicted octanol–water partition coefficient (Wildman–Crippen LogP) is 6.71. The lowest BCUT2D eigenvalue weighted by molar-refractivity contribution is -0.135. The van der Waals surface area contributed by atoms with E-state index in [9.17, 15) is 4.79 Å². The number of allylic oxidation sites excluding steroid dienone is 4.